The monoisotopic (exact) mass is 254 g/mol. The van der Waals surface area contributed by atoms with Crippen molar-refractivity contribution >= 4 is 11.9 Å². The minimum absolute atomic E-state index is 0.0565. The molecule has 1 amide bonds. The second-order valence-corrected chi connectivity index (χ2v) is 4.91. The number of hydrogen-bond donors (Lipinski definition) is 2. The van der Waals surface area contributed by atoms with Crippen LogP contribution in [0.25, 0.3) is 0 Å². The first-order valence-corrected chi connectivity index (χ1v) is 6.35. The molecule has 1 heterocycles. The summed E-state index contributed by atoms with van der Waals surface area (Å²) >= 11 is 0. The van der Waals surface area contributed by atoms with Gasteiger partial charge >= 0.3 is 5.97 Å². The molecule has 0 spiro atoms. The van der Waals surface area contributed by atoms with Crippen LogP contribution in [-0.2, 0) is 9.59 Å². The number of allylic oxidation sites excluding steroid dienone is 1. The highest BCUT2D eigenvalue weighted by Crippen LogP contribution is 2.16. The maximum atomic E-state index is 11.8. The number of piperidine rings is 1. The van der Waals surface area contributed by atoms with E-state index in [9.17, 15) is 9.59 Å². The van der Waals surface area contributed by atoms with Crippen LogP contribution in [0.5, 0.6) is 0 Å². The summed E-state index contributed by atoms with van der Waals surface area (Å²) in [5.74, 6) is -0.975. The Hall–Kier alpha value is -1.36. The van der Waals surface area contributed by atoms with Crippen molar-refractivity contribution in [3.05, 3.63) is 11.6 Å². The molecule has 0 atom stereocenters. The SMILES string of the molecule is CC(C)=CCNCC(=O)N1CCC(C(=O)O)CC1. The first kappa shape index (κ1) is 14.7. The fourth-order valence-corrected chi connectivity index (χ4v) is 1.94. The van der Waals surface area contributed by atoms with E-state index in [0.29, 0.717) is 39.0 Å². The van der Waals surface area contributed by atoms with Gasteiger partial charge < -0.3 is 15.3 Å². The van der Waals surface area contributed by atoms with E-state index in [2.05, 4.69) is 5.32 Å². The third-order valence-electron chi connectivity index (χ3n) is 3.13. The summed E-state index contributed by atoms with van der Waals surface area (Å²) in [6.45, 7) is 6.15. The number of nitrogens with one attached hydrogen (secondary N) is 1. The minimum Gasteiger partial charge on any atom is -0.481 e. The highest BCUT2D eigenvalue weighted by Gasteiger charge is 2.26. The highest BCUT2D eigenvalue weighted by molar-refractivity contribution is 5.78. The van der Waals surface area contributed by atoms with Gasteiger partial charge in [0.25, 0.3) is 0 Å². The van der Waals surface area contributed by atoms with Gasteiger partial charge in [0.2, 0.25) is 5.91 Å². The third-order valence-corrected chi connectivity index (χ3v) is 3.13. The lowest BCUT2D eigenvalue weighted by Crippen LogP contribution is -2.44. The van der Waals surface area contributed by atoms with Crippen LogP contribution in [0.3, 0.4) is 0 Å². The first-order chi connectivity index (χ1) is 8.50. The van der Waals surface area contributed by atoms with E-state index in [-0.39, 0.29) is 11.8 Å². The molecule has 0 bridgehead atoms. The lowest BCUT2D eigenvalue weighted by atomic mass is 9.97. The second kappa shape index (κ2) is 7.16. The van der Waals surface area contributed by atoms with Gasteiger partial charge in [0.05, 0.1) is 12.5 Å². The van der Waals surface area contributed by atoms with Crippen molar-refractivity contribution in [3.63, 3.8) is 0 Å². The Morgan fingerprint density at radius 3 is 2.44 bits per heavy atom. The molecule has 5 nitrogen and oxygen atoms in total. The van der Waals surface area contributed by atoms with Crippen molar-refractivity contribution in [2.75, 3.05) is 26.2 Å². The molecule has 1 rings (SSSR count). The molecular weight excluding hydrogens is 232 g/mol. The zero-order valence-electron chi connectivity index (χ0n) is 11.1. The van der Waals surface area contributed by atoms with Gasteiger partial charge in [-0.05, 0) is 26.7 Å². The van der Waals surface area contributed by atoms with Crippen molar-refractivity contribution in [2.24, 2.45) is 5.92 Å². The molecule has 0 radical (unpaired) electrons. The Morgan fingerprint density at radius 1 is 1.33 bits per heavy atom. The molecule has 1 saturated heterocycles. The second-order valence-electron chi connectivity index (χ2n) is 4.91. The normalized spacial score (nSPS) is 16.4. The first-order valence-electron chi connectivity index (χ1n) is 6.35. The molecule has 0 unspecified atom stereocenters. The fourth-order valence-electron chi connectivity index (χ4n) is 1.94. The maximum Gasteiger partial charge on any atom is 0.306 e. The van der Waals surface area contributed by atoms with Gasteiger partial charge in [0, 0.05) is 19.6 Å². The Labute approximate surface area is 108 Å². The lowest BCUT2D eigenvalue weighted by Gasteiger charge is -2.30. The summed E-state index contributed by atoms with van der Waals surface area (Å²) in [7, 11) is 0. The van der Waals surface area contributed by atoms with Crippen LogP contribution in [0.2, 0.25) is 0 Å². The van der Waals surface area contributed by atoms with Crippen LogP contribution in [0, 0.1) is 5.92 Å². The molecule has 102 valence electrons. The Bertz CT molecular complexity index is 327. The largest absolute Gasteiger partial charge is 0.481 e. The highest BCUT2D eigenvalue weighted by atomic mass is 16.4. The summed E-state index contributed by atoms with van der Waals surface area (Å²) in [6.07, 6.45) is 3.16. The van der Waals surface area contributed by atoms with E-state index in [1.54, 1.807) is 4.90 Å². The number of carbonyl (C=O) groups is 2. The molecule has 1 fully saturated rings. The molecule has 0 aromatic heterocycles. The number of carboxylic acid groups (broad SMARTS) is 1. The van der Waals surface area contributed by atoms with Crippen LogP contribution in [0.4, 0.5) is 0 Å². The summed E-state index contributed by atoms with van der Waals surface area (Å²) < 4.78 is 0. The number of likely N-dealkylation sites (tertiary alicyclic amines) is 1. The van der Waals surface area contributed by atoms with Crippen LogP contribution in [0.1, 0.15) is 26.7 Å². The number of aliphatic carboxylic acids is 1. The Kier molecular flexibility index (Phi) is 5.85. The smallest absolute Gasteiger partial charge is 0.306 e. The maximum absolute atomic E-state index is 11.8. The van der Waals surface area contributed by atoms with E-state index in [1.807, 2.05) is 19.9 Å². The van der Waals surface area contributed by atoms with Gasteiger partial charge in [-0.1, -0.05) is 11.6 Å². The van der Waals surface area contributed by atoms with Crippen LogP contribution in [-0.4, -0.2) is 48.1 Å². The molecule has 18 heavy (non-hydrogen) atoms. The van der Waals surface area contributed by atoms with Gasteiger partial charge in [0.1, 0.15) is 0 Å². The molecule has 5 heteroatoms. The van der Waals surface area contributed by atoms with Crippen LogP contribution in [0.15, 0.2) is 11.6 Å². The third kappa shape index (κ3) is 4.87. The van der Waals surface area contributed by atoms with Crippen molar-refractivity contribution in [1.82, 2.24) is 10.2 Å². The molecule has 1 aliphatic heterocycles. The van der Waals surface area contributed by atoms with E-state index in [0.717, 1.165) is 0 Å². The number of rotatable bonds is 5. The van der Waals surface area contributed by atoms with Crippen LogP contribution < -0.4 is 5.32 Å². The van der Waals surface area contributed by atoms with Crippen LogP contribution >= 0.6 is 0 Å². The molecule has 2 N–H and O–H groups in total. The summed E-state index contributed by atoms with van der Waals surface area (Å²) in [5.41, 5.74) is 1.22. The van der Waals surface area contributed by atoms with E-state index in [1.165, 1.54) is 5.57 Å². The number of carboxylic acids is 1. The molecular formula is C13H22N2O3. The van der Waals surface area contributed by atoms with Gasteiger partial charge in [-0.3, -0.25) is 9.59 Å². The van der Waals surface area contributed by atoms with Gasteiger partial charge in [0.15, 0.2) is 0 Å². The molecule has 0 saturated carbocycles. The predicted octanol–water partition coefficient (Wildman–Crippen LogP) is 0.865. The van der Waals surface area contributed by atoms with Crippen molar-refractivity contribution < 1.29 is 14.7 Å². The molecule has 0 aliphatic carbocycles. The fraction of sp³-hybridized carbons (Fsp3) is 0.692. The zero-order chi connectivity index (χ0) is 13.5. The summed E-state index contributed by atoms with van der Waals surface area (Å²) in [5, 5.41) is 11.9. The van der Waals surface area contributed by atoms with Gasteiger partial charge in [-0.2, -0.15) is 0 Å². The molecule has 0 aromatic rings. The predicted molar refractivity (Wildman–Crippen MR) is 69.2 cm³/mol. The number of amides is 1. The zero-order valence-corrected chi connectivity index (χ0v) is 11.1. The average molecular weight is 254 g/mol. The van der Waals surface area contributed by atoms with Crippen molar-refractivity contribution in [2.45, 2.75) is 26.7 Å². The van der Waals surface area contributed by atoms with Crippen molar-refractivity contribution in [1.29, 1.82) is 0 Å². The quantitative estimate of drug-likeness (QED) is 0.564. The number of nitrogens with zero attached hydrogens (tertiary/aromatic N) is 1. The lowest BCUT2D eigenvalue weighted by molar-refractivity contribution is -0.145. The van der Waals surface area contributed by atoms with Gasteiger partial charge in [-0.25, -0.2) is 0 Å². The minimum atomic E-state index is -0.746. The van der Waals surface area contributed by atoms with E-state index < -0.39 is 5.97 Å². The average Bonchev–Trinajstić information content (AvgIpc) is 2.34. The summed E-state index contributed by atoms with van der Waals surface area (Å²) in [4.78, 5) is 24.3. The van der Waals surface area contributed by atoms with E-state index in [4.69, 9.17) is 5.11 Å². The van der Waals surface area contributed by atoms with Crippen molar-refractivity contribution in [3.8, 4) is 0 Å². The number of carbonyl (C=O) groups excluding carboxylic acids is 1. The topological polar surface area (TPSA) is 69.6 Å². The number of hydrogen-bond acceptors (Lipinski definition) is 3. The Balaban J connectivity index is 2.24. The van der Waals surface area contributed by atoms with Gasteiger partial charge in [-0.15, -0.1) is 0 Å². The Morgan fingerprint density at radius 2 is 1.94 bits per heavy atom. The molecule has 0 aromatic carbocycles. The summed E-state index contributed by atoms with van der Waals surface area (Å²) in [6, 6.07) is 0. The standard InChI is InChI=1S/C13H22N2O3/c1-10(2)3-6-14-9-12(16)15-7-4-11(5-8-15)13(17)18/h3,11,14H,4-9H2,1-2H3,(H,17,18). The van der Waals surface area contributed by atoms with E-state index >= 15 is 0 Å². The molecule has 1 aliphatic rings.